The summed E-state index contributed by atoms with van der Waals surface area (Å²) in [5, 5.41) is 23.1. The molecule has 4 heteroatoms. The number of allylic oxidation sites excluding steroid dienone is 4. The van der Waals surface area contributed by atoms with Crippen molar-refractivity contribution < 1.29 is 15.0 Å². The van der Waals surface area contributed by atoms with Crippen LogP contribution in [0.15, 0.2) is 24.3 Å². The molecule has 2 atom stereocenters. The van der Waals surface area contributed by atoms with Crippen LogP contribution in [0.1, 0.15) is 239 Å². The first-order valence-corrected chi connectivity index (χ1v) is 22.0. The van der Waals surface area contributed by atoms with Crippen LogP contribution >= 0.6 is 0 Å². The summed E-state index contributed by atoms with van der Waals surface area (Å²) in [5.41, 5.74) is 0. The third kappa shape index (κ3) is 37.9. The van der Waals surface area contributed by atoms with Crippen LogP contribution < -0.4 is 5.32 Å². The Balaban J connectivity index is 3.47. The molecule has 0 rings (SSSR count). The van der Waals surface area contributed by atoms with Gasteiger partial charge in [-0.1, -0.05) is 218 Å². The minimum Gasteiger partial charge on any atom is -0.394 e. The predicted octanol–water partition coefficient (Wildman–Crippen LogP) is 13.6. The summed E-state index contributed by atoms with van der Waals surface area (Å²) in [6.45, 7) is 4.30. The smallest absolute Gasteiger partial charge is 0.220 e. The molecule has 0 radical (unpaired) electrons. The number of hydrogen-bond donors (Lipinski definition) is 3. The molecule has 0 aromatic rings. The summed E-state index contributed by atoms with van der Waals surface area (Å²) in [4.78, 5) is 12.4. The van der Waals surface area contributed by atoms with Gasteiger partial charge < -0.3 is 15.5 Å². The number of unbranched alkanes of at least 4 members (excludes halogenated alkanes) is 29. The Bertz CT molecular complexity index is 705. The van der Waals surface area contributed by atoms with Crippen LogP contribution in [0.2, 0.25) is 0 Å². The molecule has 0 saturated heterocycles. The van der Waals surface area contributed by atoms with Gasteiger partial charge in [-0.3, -0.25) is 4.79 Å². The van der Waals surface area contributed by atoms with Crippen LogP contribution in [0.25, 0.3) is 0 Å². The largest absolute Gasteiger partial charge is 0.394 e. The molecule has 0 spiro atoms. The van der Waals surface area contributed by atoms with E-state index in [9.17, 15) is 15.0 Å². The molecular weight excluding hydrogens is 602 g/mol. The van der Waals surface area contributed by atoms with Crippen LogP contribution in [0.3, 0.4) is 0 Å². The van der Waals surface area contributed by atoms with Crippen molar-refractivity contribution >= 4 is 5.91 Å². The highest BCUT2D eigenvalue weighted by molar-refractivity contribution is 5.76. The van der Waals surface area contributed by atoms with E-state index < -0.39 is 12.1 Å². The van der Waals surface area contributed by atoms with E-state index in [1.54, 1.807) is 0 Å². The molecule has 0 aliphatic carbocycles. The molecule has 290 valence electrons. The molecule has 49 heavy (non-hydrogen) atoms. The van der Waals surface area contributed by atoms with Gasteiger partial charge >= 0.3 is 0 Å². The molecular formula is C45H87NO3. The van der Waals surface area contributed by atoms with Crippen LogP contribution in [0.4, 0.5) is 0 Å². The van der Waals surface area contributed by atoms with Crippen LogP contribution in [0, 0.1) is 0 Å². The number of hydrogen-bond acceptors (Lipinski definition) is 3. The number of carbonyl (C=O) groups is 1. The van der Waals surface area contributed by atoms with E-state index in [1.807, 2.05) is 0 Å². The van der Waals surface area contributed by atoms with Crippen LogP contribution in [-0.4, -0.2) is 34.9 Å². The molecule has 0 fully saturated rings. The summed E-state index contributed by atoms with van der Waals surface area (Å²) >= 11 is 0. The van der Waals surface area contributed by atoms with Crippen molar-refractivity contribution in [3.63, 3.8) is 0 Å². The van der Waals surface area contributed by atoms with E-state index in [2.05, 4.69) is 43.5 Å². The average molecular weight is 690 g/mol. The molecule has 1 amide bonds. The van der Waals surface area contributed by atoms with Gasteiger partial charge in [0.05, 0.1) is 18.8 Å². The fourth-order valence-corrected chi connectivity index (χ4v) is 6.81. The van der Waals surface area contributed by atoms with Crippen molar-refractivity contribution in [2.45, 2.75) is 251 Å². The molecule has 2 unspecified atom stereocenters. The maximum Gasteiger partial charge on any atom is 0.220 e. The van der Waals surface area contributed by atoms with Crippen molar-refractivity contribution in [2.24, 2.45) is 0 Å². The van der Waals surface area contributed by atoms with Crippen LogP contribution in [0.5, 0.6) is 0 Å². The monoisotopic (exact) mass is 690 g/mol. The fourth-order valence-electron chi connectivity index (χ4n) is 6.81. The predicted molar refractivity (Wildman–Crippen MR) is 216 cm³/mol. The van der Waals surface area contributed by atoms with Gasteiger partial charge in [0.25, 0.3) is 0 Å². The number of rotatable bonds is 40. The second-order valence-corrected chi connectivity index (χ2v) is 15.1. The zero-order chi connectivity index (χ0) is 35.7. The van der Waals surface area contributed by atoms with Crippen molar-refractivity contribution in [1.29, 1.82) is 0 Å². The minimum atomic E-state index is -0.663. The summed E-state index contributed by atoms with van der Waals surface area (Å²) in [5.74, 6) is -0.0447. The Morgan fingerprint density at radius 2 is 0.878 bits per heavy atom. The second-order valence-electron chi connectivity index (χ2n) is 15.1. The highest BCUT2D eigenvalue weighted by Gasteiger charge is 2.20. The standard InChI is InChI=1S/C45H87NO3/c1-3-5-7-9-11-13-15-17-18-19-20-21-22-23-24-25-26-27-29-30-32-34-36-38-40-44(48)43(42-47)46-45(49)41-39-37-35-33-31-28-16-14-12-10-8-6-4-2/h8,10,14,16,43-44,47-48H,3-7,9,11-13,15,17-42H2,1-2H3,(H,46,49)/b10-8-,16-14-. The maximum atomic E-state index is 12.4. The van der Waals surface area contributed by atoms with Gasteiger partial charge in [0.15, 0.2) is 0 Å². The molecule has 0 saturated carbocycles. The van der Waals surface area contributed by atoms with Gasteiger partial charge in [-0.05, 0) is 38.5 Å². The summed E-state index contributed by atoms with van der Waals surface area (Å²) < 4.78 is 0. The molecule has 0 heterocycles. The topological polar surface area (TPSA) is 69.6 Å². The molecule has 0 aromatic carbocycles. The Morgan fingerprint density at radius 1 is 0.490 bits per heavy atom. The molecule has 0 bridgehead atoms. The number of amides is 1. The summed E-state index contributed by atoms with van der Waals surface area (Å²) in [6, 6.07) is -0.541. The van der Waals surface area contributed by atoms with Crippen LogP contribution in [-0.2, 0) is 4.79 Å². The van der Waals surface area contributed by atoms with Crippen molar-refractivity contribution in [3.05, 3.63) is 24.3 Å². The van der Waals surface area contributed by atoms with Crippen molar-refractivity contribution in [1.82, 2.24) is 5.32 Å². The normalized spacial score (nSPS) is 13.1. The van der Waals surface area contributed by atoms with Gasteiger partial charge in [0.1, 0.15) is 0 Å². The van der Waals surface area contributed by atoms with E-state index in [0.717, 1.165) is 44.9 Å². The van der Waals surface area contributed by atoms with E-state index in [-0.39, 0.29) is 12.5 Å². The van der Waals surface area contributed by atoms with Gasteiger partial charge in [0, 0.05) is 6.42 Å². The Labute approximate surface area is 307 Å². The molecule has 4 nitrogen and oxygen atoms in total. The number of carbonyl (C=O) groups excluding carboxylic acids is 1. The van der Waals surface area contributed by atoms with E-state index in [4.69, 9.17) is 0 Å². The number of aliphatic hydroxyl groups excluding tert-OH is 2. The molecule has 0 aliphatic heterocycles. The number of aliphatic hydroxyl groups is 2. The van der Waals surface area contributed by atoms with Gasteiger partial charge in [-0.25, -0.2) is 0 Å². The third-order valence-corrected chi connectivity index (χ3v) is 10.2. The SMILES string of the molecule is CCC/C=C\C/C=C\CCCCCCCC(=O)NC(CO)C(O)CCCCCCCCCCCCCCCCCCCCCCCCCC. The van der Waals surface area contributed by atoms with Crippen molar-refractivity contribution in [2.75, 3.05) is 6.61 Å². The first kappa shape index (κ1) is 47.9. The van der Waals surface area contributed by atoms with E-state index in [0.29, 0.717) is 12.8 Å². The Morgan fingerprint density at radius 3 is 1.31 bits per heavy atom. The zero-order valence-electron chi connectivity index (χ0n) is 33.2. The quantitative estimate of drug-likeness (QED) is 0.0443. The molecule has 0 aliphatic rings. The fraction of sp³-hybridized carbons (Fsp3) is 0.889. The molecule has 3 N–H and O–H groups in total. The Kier molecular flexibility index (Phi) is 40.3. The summed E-state index contributed by atoms with van der Waals surface area (Å²) in [7, 11) is 0. The van der Waals surface area contributed by atoms with Crippen molar-refractivity contribution in [3.8, 4) is 0 Å². The zero-order valence-corrected chi connectivity index (χ0v) is 33.2. The van der Waals surface area contributed by atoms with Gasteiger partial charge in [0.2, 0.25) is 5.91 Å². The lowest BCUT2D eigenvalue weighted by atomic mass is 10.0. The van der Waals surface area contributed by atoms with Gasteiger partial charge in [-0.2, -0.15) is 0 Å². The Hall–Kier alpha value is -1.13. The van der Waals surface area contributed by atoms with E-state index in [1.165, 1.54) is 167 Å². The van der Waals surface area contributed by atoms with Gasteiger partial charge in [-0.15, -0.1) is 0 Å². The summed E-state index contributed by atoms with van der Waals surface area (Å²) in [6.07, 6.45) is 52.6. The first-order valence-electron chi connectivity index (χ1n) is 22.0. The third-order valence-electron chi connectivity index (χ3n) is 10.2. The minimum absolute atomic E-state index is 0.0447. The lowest BCUT2D eigenvalue weighted by molar-refractivity contribution is -0.123. The van der Waals surface area contributed by atoms with E-state index >= 15 is 0 Å². The highest BCUT2D eigenvalue weighted by atomic mass is 16.3. The molecule has 0 aromatic heterocycles. The average Bonchev–Trinajstić information content (AvgIpc) is 3.10. The maximum absolute atomic E-state index is 12.4. The lowest BCUT2D eigenvalue weighted by Gasteiger charge is -2.22. The highest BCUT2D eigenvalue weighted by Crippen LogP contribution is 2.16. The number of nitrogens with one attached hydrogen (secondary N) is 1. The lowest BCUT2D eigenvalue weighted by Crippen LogP contribution is -2.45. The first-order chi connectivity index (χ1) is 24.2. The second kappa shape index (κ2) is 41.3.